The Morgan fingerprint density at radius 1 is 0.909 bits per heavy atom. The van der Waals surface area contributed by atoms with Gasteiger partial charge in [0.15, 0.2) is 0 Å². The molecule has 0 unspecified atom stereocenters. The van der Waals surface area contributed by atoms with E-state index < -0.39 is 5.97 Å². The molecular weight excluding hydrogens is 276 g/mol. The molecule has 0 bridgehead atoms. The molecule has 3 rings (SSSR count). The van der Waals surface area contributed by atoms with E-state index in [0.29, 0.717) is 5.69 Å². The Labute approximate surface area is 128 Å². The third kappa shape index (κ3) is 3.17. The maximum atomic E-state index is 10.8. The number of allylic oxidation sites excluding steroid dienone is 4. The van der Waals surface area contributed by atoms with Crippen molar-refractivity contribution in [3.8, 4) is 0 Å². The van der Waals surface area contributed by atoms with E-state index in [9.17, 15) is 4.79 Å². The number of benzene rings is 2. The van der Waals surface area contributed by atoms with Gasteiger partial charge in [-0.2, -0.15) is 10.2 Å². The van der Waals surface area contributed by atoms with Crippen LogP contribution in [0, 0.1) is 0 Å². The number of hydrogen-bond donors (Lipinski definition) is 1. The van der Waals surface area contributed by atoms with Crippen molar-refractivity contribution < 1.29 is 9.90 Å². The summed E-state index contributed by atoms with van der Waals surface area (Å²) in [5.41, 5.74) is 4.11. The summed E-state index contributed by atoms with van der Waals surface area (Å²) in [5, 5.41) is 17.1. The van der Waals surface area contributed by atoms with E-state index in [1.54, 1.807) is 12.1 Å². The number of carboxylic acid groups (broad SMARTS) is 1. The fraction of sp³-hybridized carbons (Fsp3) is 0.0556. The van der Waals surface area contributed by atoms with Crippen LogP contribution in [0.3, 0.4) is 0 Å². The predicted octanol–water partition coefficient (Wildman–Crippen LogP) is 5.14. The summed E-state index contributed by atoms with van der Waals surface area (Å²) < 4.78 is 0. The summed E-state index contributed by atoms with van der Waals surface area (Å²) in [6.07, 6.45) is 7.27. The Balaban J connectivity index is 1.71. The zero-order valence-electron chi connectivity index (χ0n) is 11.8. The van der Waals surface area contributed by atoms with Gasteiger partial charge in [0.1, 0.15) is 0 Å². The average molecular weight is 290 g/mol. The second-order valence-electron chi connectivity index (χ2n) is 4.92. The monoisotopic (exact) mass is 290 g/mol. The van der Waals surface area contributed by atoms with Crippen LogP contribution in [0.2, 0.25) is 0 Å². The van der Waals surface area contributed by atoms with Gasteiger partial charge in [-0.3, -0.25) is 0 Å². The fourth-order valence-electron chi connectivity index (χ4n) is 2.19. The van der Waals surface area contributed by atoms with Crippen LogP contribution in [0.25, 0.3) is 5.57 Å². The number of aromatic carboxylic acids is 1. The first-order chi connectivity index (χ1) is 10.7. The number of carboxylic acids is 1. The van der Waals surface area contributed by atoms with Crippen LogP contribution in [0.1, 0.15) is 22.3 Å². The van der Waals surface area contributed by atoms with E-state index in [2.05, 4.69) is 28.5 Å². The highest BCUT2D eigenvalue weighted by Crippen LogP contribution is 2.26. The van der Waals surface area contributed by atoms with Crippen molar-refractivity contribution in [1.29, 1.82) is 0 Å². The summed E-state index contributed by atoms with van der Waals surface area (Å²) in [6.45, 7) is 0. The number of azo groups is 1. The fourth-order valence-corrected chi connectivity index (χ4v) is 2.19. The van der Waals surface area contributed by atoms with E-state index in [0.717, 1.165) is 12.1 Å². The van der Waals surface area contributed by atoms with Gasteiger partial charge < -0.3 is 5.11 Å². The zero-order chi connectivity index (χ0) is 15.4. The van der Waals surface area contributed by atoms with Crippen LogP contribution in [0.4, 0.5) is 11.4 Å². The van der Waals surface area contributed by atoms with Gasteiger partial charge in [0.2, 0.25) is 0 Å². The van der Waals surface area contributed by atoms with E-state index >= 15 is 0 Å². The molecule has 0 amide bonds. The van der Waals surface area contributed by atoms with Crippen LogP contribution >= 0.6 is 0 Å². The predicted molar refractivity (Wildman–Crippen MR) is 85.8 cm³/mol. The maximum absolute atomic E-state index is 10.8. The molecule has 1 N–H and O–H groups in total. The minimum atomic E-state index is -0.949. The summed E-state index contributed by atoms with van der Waals surface area (Å²) >= 11 is 0. The Morgan fingerprint density at radius 2 is 1.50 bits per heavy atom. The van der Waals surface area contributed by atoms with E-state index in [1.807, 2.05) is 24.3 Å². The molecule has 4 heteroatoms. The van der Waals surface area contributed by atoms with Crippen molar-refractivity contribution in [3.05, 3.63) is 77.9 Å². The number of carbonyl (C=O) groups is 1. The van der Waals surface area contributed by atoms with Crippen LogP contribution in [-0.4, -0.2) is 11.1 Å². The van der Waals surface area contributed by atoms with E-state index in [4.69, 9.17) is 5.11 Å². The highest BCUT2D eigenvalue weighted by Gasteiger charge is 2.03. The van der Waals surface area contributed by atoms with Crippen molar-refractivity contribution in [3.63, 3.8) is 0 Å². The van der Waals surface area contributed by atoms with E-state index in [1.165, 1.54) is 23.3 Å². The molecule has 0 atom stereocenters. The SMILES string of the molecule is O=C(O)c1ccc(N=Nc2ccc(C3=CC=CC3)cc2)cc1. The molecule has 0 aromatic heterocycles. The Hall–Kier alpha value is -3.01. The molecule has 0 heterocycles. The van der Waals surface area contributed by atoms with Gasteiger partial charge in [0, 0.05) is 0 Å². The second-order valence-corrected chi connectivity index (χ2v) is 4.92. The van der Waals surface area contributed by atoms with Gasteiger partial charge in [-0.15, -0.1) is 0 Å². The smallest absolute Gasteiger partial charge is 0.335 e. The van der Waals surface area contributed by atoms with Gasteiger partial charge in [-0.25, -0.2) is 4.79 Å². The second kappa shape index (κ2) is 6.18. The summed E-state index contributed by atoms with van der Waals surface area (Å²) in [5.74, 6) is -0.949. The first-order valence-corrected chi connectivity index (χ1v) is 6.93. The summed E-state index contributed by atoms with van der Waals surface area (Å²) in [4.78, 5) is 10.8. The maximum Gasteiger partial charge on any atom is 0.335 e. The highest BCUT2D eigenvalue weighted by molar-refractivity contribution is 5.87. The van der Waals surface area contributed by atoms with Gasteiger partial charge in [-0.1, -0.05) is 30.4 Å². The van der Waals surface area contributed by atoms with Crippen LogP contribution in [0.5, 0.6) is 0 Å². The van der Waals surface area contributed by atoms with Crippen molar-refractivity contribution in [2.24, 2.45) is 10.2 Å². The van der Waals surface area contributed by atoms with E-state index in [-0.39, 0.29) is 5.56 Å². The molecule has 108 valence electrons. The lowest BCUT2D eigenvalue weighted by Crippen LogP contribution is -1.93. The average Bonchev–Trinajstić information content (AvgIpc) is 3.08. The highest BCUT2D eigenvalue weighted by atomic mass is 16.4. The Morgan fingerprint density at radius 3 is 2.00 bits per heavy atom. The lowest BCUT2D eigenvalue weighted by Gasteiger charge is -2.01. The first-order valence-electron chi connectivity index (χ1n) is 6.93. The minimum Gasteiger partial charge on any atom is -0.478 e. The first kappa shape index (κ1) is 13.9. The molecule has 0 spiro atoms. The van der Waals surface area contributed by atoms with Crippen molar-refractivity contribution in [1.82, 2.24) is 0 Å². The Kier molecular flexibility index (Phi) is 3.92. The Bertz CT molecular complexity index is 770. The van der Waals surface area contributed by atoms with Crippen LogP contribution < -0.4 is 0 Å². The zero-order valence-corrected chi connectivity index (χ0v) is 11.8. The number of hydrogen-bond acceptors (Lipinski definition) is 3. The number of nitrogens with zero attached hydrogens (tertiary/aromatic N) is 2. The molecule has 0 saturated carbocycles. The molecule has 0 saturated heterocycles. The van der Waals surface area contributed by atoms with Crippen LogP contribution in [-0.2, 0) is 0 Å². The number of rotatable bonds is 4. The molecule has 1 aliphatic rings. The summed E-state index contributed by atoms with van der Waals surface area (Å²) in [7, 11) is 0. The third-order valence-electron chi connectivity index (χ3n) is 3.40. The van der Waals surface area contributed by atoms with Gasteiger partial charge in [0.05, 0.1) is 16.9 Å². The normalized spacial score (nSPS) is 13.5. The van der Waals surface area contributed by atoms with Crippen molar-refractivity contribution in [2.75, 3.05) is 0 Å². The van der Waals surface area contributed by atoms with Gasteiger partial charge in [-0.05, 0) is 54.0 Å². The standard InChI is InChI=1S/C18H14N2O2/c21-18(22)15-7-11-17(12-8-15)20-19-16-9-5-14(6-10-16)13-3-1-2-4-13/h1-3,5-12H,4H2,(H,21,22). The quantitative estimate of drug-likeness (QED) is 0.792. The lowest BCUT2D eigenvalue weighted by molar-refractivity contribution is 0.0697. The minimum absolute atomic E-state index is 0.238. The third-order valence-corrected chi connectivity index (χ3v) is 3.40. The molecule has 2 aromatic rings. The lowest BCUT2D eigenvalue weighted by atomic mass is 10.1. The molecular formula is C18H14N2O2. The topological polar surface area (TPSA) is 62.0 Å². The largest absolute Gasteiger partial charge is 0.478 e. The molecule has 2 aromatic carbocycles. The molecule has 0 fully saturated rings. The van der Waals surface area contributed by atoms with Gasteiger partial charge >= 0.3 is 5.97 Å². The molecule has 0 radical (unpaired) electrons. The van der Waals surface area contributed by atoms with Gasteiger partial charge in [0.25, 0.3) is 0 Å². The van der Waals surface area contributed by atoms with Crippen molar-refractivity contribution >= 4 is 22.9 Å². The molecule has 22 heavy (non-hydrogen) atoms. The molecule has 1 aliphatic carbocycles. The summed E-state index contributed by atoms with van der Waals surface area (Å²) in [6, 6.07) is 14.2. The van der Waals surface area contributed by atoms with Crippen molar-refractivity contribution in [2.45, 2.75) is 6.42 Å². The van der Waals surface area contributed by atoms with Crippen LogP contribution in [0.15, 0.2) is 77.0 Å². The molecule has 4 nitrogen and oxygen atoms in total. The molecule has 0 aliphatic heterocycles.